The topological polar surface area (TPSA) is 64.7 Å². The molecule has 1 heterocycles. The lowest BCUT2D eigenvalue weighted by atomic mass is 10.1. The van der Waals surface area contributed by atoms with Gasteiger partial charge in [0, 0.05) is 25.7 Å². The highest BCUT2D eigenvalue weighted by atomic mass is 35.5. The van der Waals surface area contributed by atoms with Crippen LogP contribution in [0.2, 0.25) is 5.02 Å². The van der Waals surface area contributed by atoms with E-state index >= 15 is 0 Å². The maximum absolute atomic E-state index is 12.0. The molecule has 0 saturated carbocycles. The summed E-state index contributed by atoms with van der Waals surface area (Å²) in [7, 11) is 3.27. The van der Waals surface area contributed by atoms with Crippen LogP contribution in [0.15, 0.2) is 24.3 Å². The van der Waals surface area contributed by atoms with Crippen molar-refractivity contribution in [1.29, 1.82) is 0 Å². The monoisotopic (exact) mass is 352 g/mol. The Morgan fingerprint density at radius 1 is 1.17 bits per heavy atom. The van der Waals surface area contributed by atoms with E-state index in [9.17, 15) is 9.59 Å². The summed E-state index contributed by atoms with van der Waals surface area (Å²) < 4.78 is 0. The molecule has 1 saturated heterocycles. The first-order chi connectivity index (χ1) is 11.5. The Morgan fingerprint density at radius 3 is 2.38 bits per heavy atom. The molecule has 6 nitrogen and oxygen atoms in total. The second kappa shape index (κ2) is 8.89. The van der Waals surface area contributed by atoms with E-state index in [1.54, 1.807) is 14.1 Å². The number of hydrogen-bond donors (Lipinski definition) is 2. The van der Waals surface area contributed by atoms with Gasteiger partial charge in [0.05, 0.1) is 12.6 Å². The molecule has 0 aliphatic carbocycles. The molecule has 1 fully saturated rings. The first kappa shape index (κ1) is 18.5. The number of amides is 3. The van der Waals surface area contributed by atoms with Gasteiger partial charge in [-0.2, -0.15) is 0 Å². The summed E-state index contributed by atoms with van der Waals surface area (Å²) in [6, 6.07) is 7.60. The Balaban J connectivity index is 1.92. The lowest BCUT2D eigenvalue weighted by Crippen LogP contribution is -2.43. The second-order valence-corrected chi connectivity index (χ2v) is 6.60. The lowest BCUT2D eigenvalue weighted by molar-refractivity contribution is -0.120. The van der Waals surface area contributed by atoms with Crippen molar-refractivity contribution in [2.24, 2.45) is 0 Å². The summed E-state index contributed by atoms with van der Waals surface area (Å²) in [5.74, 6) is -0.191. The molecule has 0 bridgehead atoms. The van der Waals surface area contributed by atoms with Gasteiger partial charge in [-0.05, 0) is 43.6 Å². The van der Waals surface area contributed by atoms with Crippen LogP contribution in [0.4, 0.5) is 4.79 Å². The number of urea groups is 1. The van der Waals surface area contributed by atoms with Crippen molar-refractivity contribution in [3.8, 4) is 0 Å². The zero-order valence-electron chi connectivity index (χ0n) is 14.2. The number of nitrogens with zero attached hydrogens (tertiary/aromatic N) is 2. The number of carbonyl (C=O) groups excluding carboxylic acids is 2. The third kappa shape index (κ3) is 5.39. The van der Waals surface area contributed by atoms with E-state index in [0.29, 0.717) is 11.6 Å². The molecule has 1 aliphatic rings. The van der Waals surface area contributed by atoms with Gasteiger partial charge in [-0.1, -0.05) is 23.7 Å². The van der Waals surface area contributed by atoms with E-state index in [-0.39, 0.29) is 24.5 Å². The van der Waals surface area contributed by atoms with Crippen molar-refractivity contribution in [2.45, 2.75) is 18.9 Å². The van der Waals surface area contributed by atoms with Crippen molar-refractivity contribution in [3.63, 3.8) is 0 Å². The van der Waals surface area contributed by atoms with E-state index < -0.39 is 0 Å². The average Bonchev–Trinajstić information content (AvgIpc) is 3.08. The van der Waals surface area contributed by atoms with Crippen molar-refractivity contribution < 1.29 is 9.59 Å². The molecule has 0 unspecified atom stereocenters. The summed E-state index contributed by atoms with van der Waals surface area (Å²) in [6.45, 7) is 2.55. The molecule has 1 atom stereocenters. The summed E-state index contributed by atoms with van der Waals surface area (Å²) in [5.41, 5.74) is 1.14. The molecule has 7 heteroatoms. The largest absolute Gasteiger partial charge is 0.353 e. The van der Waals surface area contributed by atoms with Gasteiger partial charge in [0.2, 0.25) is 5.91 Å². The first-order valence-electron chi connectivity index (χ1n) is 8.18. The van der Waals surface area contributed by atoms with Crippen molar-refractivity contribution in [2.75, 3.05) is 40.3 Å². The van der Waals surface area contributed by atoms with Crippen LogP contribution >= 0.6 is 11.6 Å². The molecule has 132 valence electrons. The highest BCUT2D eigenvalue weighted by molar-refractivity contribution is 6.30. The Kier molecular flexibility index (Phi) is 6.87. The van der Waals surface area contributed by atoms with E-state index in [1.165, 1.54) is 17.7 Å². The van der Waals surface area contributed by atoms with Crippen molar-refractivity contribution in [3.05, 3.63) is 34.9 Å². The van der Waals surface area contributed by atoms with Crippen LogP contribution in [0.1, 0.15) is 24.4 Å². The Morgan fingerprint density at radius 2 is 1.79 bits per heavy atom. The molecular weight excluding hydrogens is 328 g/mol. The summed E-state index contributed by atoms with van der Waals surface area (Å²) in [6.07, 6.45) is 2.36. The molecule has 0 aromatic heterocycles. The molecule has 1 aromatic rings. The minimum Gasteiger partial charge on any atom is -0.353 e. The smallest absolute Gasteiger partial charge is 0.317 e. The van der Waals surface area contributed by atoms with Gasteiger partial charge in [0.1, 0.15) is 0 Å². The fourth-order valence-electron chi connectivity index (χ4n) is 2.78. The minimum atomic E-state index is -0.279. The second-order valence-electron chi connectivity index (χ2n) is 6.17. The molecule has 2 rings (SSSR count). The van der Waals surface area contributed by atoms with Gasteiger partial charge in [-0.25, -0.2) is 4.79 Å². The predicted molar refractivity (Wildman–Crippen MR) is 95.1 cm³/mol. The summed E-state index contributed by atoms with van der Waals surface area (Å²) in [5, 5.41) is 6.19. The summed E-state index contributed by atoms with van der Waals surface area (Å²) in [4.78, 5) is 27.2. The van der Waals surface area contributed by atoms with Gasteiger partial charge in [-0.3, -0.25) is 9.69 Å². The van der Waals surface area contributed by atoms with Gasteiger partial charge >= 0.3 is 6.03 Å². The third-order valence-corrected chi connectivity index (χ3v) is 4.39. The van der Waals surface area contributed by atoms with E-state index in [0.717, 1.165) is 18.7 Å². The first-order valence-corrected chi connectivity index (χ1v) is 8.56. The maximum Gasteiger partial charge on any atom is 0.317 e. The number of benzene rings is 1. The number of halogens is 1. The van der Waals surface area contributed by atoms with Crippen LogP contribution in [0.25, 0.3) is 0 Å². The van der Waals surface area contributed by atoms with Crippen LogP contribution in [0.5, 0.6) is 0 Å². The zero-order chi connectivity index (χ0) is 17.5. The Labute approximate surface area is 148 Å². The van der Waals surface area contributed by atoms with Crippen LogP contribution < -0.4 is 10.6 Å². The zero-order valence-corrected chi connectivity index (χ0v) is 15.0. The van der Waals surface area contributed by atoms with Crippen LogP contribution in [0, 0.1) is 0 Å². The van der Waals surface area contributed by atoms with Gasteiger partial charge in [-0.15, -0.1) is 0 Å². The number of likely N-dealkylation sites (tertiary alicyclic amines) is 1. The van der Waals surface area contributed by atoms with E-state index in [4.69, 9.17) is 11.6 Å². The molecule has 2 N–H and O–H groups in total. The van der Waals surface area contributed by atoms with Crippen LogP contribution in [-0.4, -0.2) is 62.0 Å². The molecular formula is C17H25ClN4O2. The normalized spacial score (nSPS) is 15.8. The minimum absolute atomic E-state index is 0.0235. The van der Waals surface area contributed by atoms with Gasteiger partial charge in [0.15, 0.2) is 0 Å². The quantitative estimate of drug-likeness (QED) is 0.821. The highest BCUT2D eigenvalue weighted by Gasteiger charge is 2.24. The van der Waals surface area contributed by atoms with Crippen molar-refractivity contribution in [1.82, 2.24) is 20.4 Å². The molecule has 1 aliphatic heterocycles. The van der Waals surface area contributed by atoms with E-state index in [1.807, 2.05) is 24.3 Å². The average molecular weight is 353 g/mol. The fourth-order valence-corrected chi connectivity index (χ4v) is 2.91. The number of carbonyl (C=O) groups is 2. The van der Waals surface area contributed by atoms with Crippen LogP contribution in [0.3, 0.4) is 0 Å². The Hall–Kier alpha value is -1.79. The third-order valence-electron chi connectivity index (χ3n) is 4.14. The predicted octanol–water partition coefficient (Wildman–Crippen LogP) is 1.86. The maximum atomic E-state index is 12.0. The number of hydrogen-bond acceptors (Lipinski definition) is 3. The number of rotatable bonds is 6. The number of nitrogens with one attached hydrogen (secondary N) is 2. The Bertz CT molecular complexity index is 556. The van der Waals surface area contributed by atoms with Gasteiger partial charge < -0.3 is 15.5 Å². The van der Waals surface area contributed by atoms with Crippen molar-refractivity contribution >= 4 is 23.5 Å². The SMILES string of the molecule is CN(C)C(=O)NCC(=O)NC[C@@H](c1ccc(Cl)cc1)N1CCCC1. The van der Waals surface area contributed by atoms with Crippen LogP contribution in [-0.2, 0) is 4.79 Å². The lowest BCUT2D eigenvalue weighted by Gasteiger charge is -2.28. The fraction of sp³-hybridized carbons (Fsp3) is 0.529. The van der Waals surface area contributed by atoms with E-state index in [2.05, 4.69) is 15.5 Å². The van der Waals surface area contributed by atoms with Gasteiger partial charge in [0.25, 0.3) is 0 Å². The molecule has 3 amide bonds. The molecule has 1 aromatic carbocycles. The molecule has 24 heavy (non-hydrogen) atoms. The molecule has 0 spiro atoms. The standard InChI is InChI=1S/C17H25ClN4O2/c1-21(2)17(24)20-12-16(23)19-11-15(22-9-3-4-10-22)13-5-7-14(18)8-6-13/h5-8,15H,3-4,9-12H2,1-2H3,(H,19,23)(H,20,24)/t15-/m0/s1. The highest BCUT2D eigenvalue weighted by Crippen LogP contribution is 2.25. The summed E-state index contributed by atoms with van der Waals surface area (Å²) >= 11 is 5.97. The molecule has 0 radical (unpaired) electrons.